The molecule has 1 atom stereocenters. The number of carbonyl (C=O) groups excluding carboxylic acids is 3. The first-order valence-electron chi connectivity index (χ1n) is 8.99. The predicted molar refractivity (Wildman–Crippen MR) is 101 cm³/mol. The Morgan fingerprint density at radius 3 is 2.65 bits per heavy atom. The van der Waals surface area contributed by atoms with E-state index < -0.39 is 17.5 Å². The molecule has 0 radical (unpaired) electrons. The molecule has 1 saturated carbocycles. The van der Waals surface area contributed by atoms with Crippen molar-refractivity contribution >= 4 is 33.8 Å². The van der Waals surface area contributed by atoms with Crippen molar-refractivity contribution in [2.75, 3.05) is 13.6 Å². The van der Waals surface area contributed by atoms with Gasteiger partial charge in [0, 0.05) is 17.6 Å². The molecule has 3 rings (SSSR count). The van der Waals surface area contributed by atoms with Crippen molar-refractivity contribution in [1.29, 1.82) is 0 Å². The molecule has 1 aromatic carbocycles. The molecule has 1 heterocycles. The summed E-state index contributed by atoms with van der Waals surface area (Å²) in [5, 5.41) is 2.74. The largest absolute Gasteiger partial charge is 0.341 e. The average Bonchev–Trinajstić information content (AvgIpc) is 2.86. The van der Waals surface area contributed by atoms with Crippen molar-refractivity contribution < 1.29 is 14.4 Å². The van der Waals surface area contributed by atoms with E-state index in [1.54, 1.807) is 31.0 Å². The Morgan fingerprint density at radius 1 is 1.31 bits per heavy atom. The van der Waals surface area contributed by atoms with Crippen molar-refractivity contribution in [2.45, 2.75) is 50.6 Å². The second-order valence-electron chi connectivity index (χ2n) is 7.25. The number of benzene rings is 1. The number of nitrogens with zero attached hydrogens (tertiary/aromatic N) is 2. The number of hydrogen-bond donors (Lipinski definition) is 1. The van der Waals surface area contributed by atoms with Crippen molar-refractivity contribution in [3.8, 4) is 0 Å². The molecule has 0 spiro atoms. The van der Waals surface area contributed by atoms with Crippen LogP contribution < -0.4 is 5.32 Å². The van der Waals surface area contributed by atoms with Gasteiger partial charge in [-0.05, 0) is 37.5 Å². The van der Waals surface area contributed by atoms with Crippen LogP contribution in [-0.2, 0) is 15.1 Å². The first-order valence-corrected chi connectivity index (χ1v) is 9.78. The number of halogens is 1. The predicted octanol–water partition coefficient (Wildman–Crippen LogP) is 3.01. The standard InChI is InChI=1S/C19H24BrN3O3/c1-19(13-7-6-8-14(20)11-13)17(25)23(18(26)21-19)12-16(24)22(2)15-9-4-3-5-10-15/h6-8,11,15H,3-5,9-10,12H2,1-2H3,(H,21,26)/t19-/m1/s1. The fourth-order valence-corrected chi connectivity index (χ4v) is 4.15. The van der Waals surface area contributed by atoms with E-state index >= 15 is 0 Å². The van der Waals surface area contributed by atoms with Gasteiger partial charge in [-0.3, -0.25) is 14.5 Å². The molecule has 1 N–H and O–H groups in total. The number of urea groups is 1. The Kier molecular flexibility index (Phi) is 5.37. The summed E-state index contributed by atoms with van der Waals surface area (Å²) in [7, 11) is 1.77. The second-order valence-corrected chi connectivity index (χ2v) is 8.17. The highest BCUT2D eigenvalue weighted by Crippen LogP contribution is 2.30. The lowest BCUT2D eigenvalue weighted by Gasteiger charge is -2.32. The van der Waals surface area contributed by atoms with Gasteiger partial charge >= 0.3 is 6.03 Å². The Morgan fingerprint density at radius 2 is 2.00 bits per heavy atom. The average molecular weight is 422 g/mol. The quantitative estimate of drug-likeness (QED) is 0.759. The molecule has 6 nitrogen and oxygen atoms in total. The summed E-state index contributed by atoms with van der Waals surface area (Å²) in [6.07, 6.45) is 5.41. The number of nitrogens with one attached hydrogen (secondary N) is 1. The lowest BCUT2D eigenvalue weighted by molar-refractivity contribution is -0.139. The van der Waals surface area contributed by atoms with Crippen molar-refractivity contribution in [3.05, 3.63) is 34.3 Å². The van der Waals surface area contributed by atoms with Crippen LogP contribution in [0.2, 0.25) is 0 Å². The van der Waals surface area contributed by atoms with Crippen LogP contribution in [0, 0.1) is 0 Å². The normalized spacial score (nSPS) is 23.9. The highest BCUT2D eigenvalue weighted by atomic mass is 79.9. The summed E-state index contributed by atoms with van der Waals surface area (Å²) in [6, 6.07) is 6.94. The molecule has 140 valence electrons. The molecular weight excluding hydrogens is 398 g/mol. The molecule has 26 heavy (non-hydrogen) atoms. The molecule has 4 amide bonds. The van der Waals surface area contributed by atoms with Crippen molar-refractivity contribution in [2.24, 2.45) is 0 Å². The van der Waals surface area contributed by atoms with E-state index in [9.17, 15) is 14.4 Å². The van der Waals surface area contributed by atoms with E-state index in [1.807, 2.05) is 12.1 Å². The molecule has 0 bridgehead atoms. The van der Waals surface area contributed by atoms with Gasteiger partial charge in [0.25, 0.3) is 5.91 Å². The number of imide groups is 1. The first kappa shape index (κ1) is 18.9. The number of amides is 4. The molecule has 2 fully saturated rings. The lowest BCUT2D eigenvalue weighted by atomic mass is 9.92. The monoisotopic (exact) mass is 421 g/mol. The van der Waals surface area contributed by atoms with E-state index in [4.69, 9.17) is 0 Å². The highest BCUT2D eigenvalue weighted by molar-refractivity contribution is 9.10. The van der Waals surface area contributed by atoms with Crippen molar-refractivity contribution in [3.63, 3.8) is 0 Å². The van der Waals surface area contributed by atoms with Gasteiger partial charge < -0.3 is 10.2 Å². The highest BCUT2D eigenvalue weighted by Gasteiger charge is 2.49. The zero-order valence-corrected chi connectivity index (χ0v) is 16.7. The number of hydrogen-bond acceptors (Lipinski definition) is 3. The fraction of sp³-hybridized carbons (Fsp3) is 0.526. The zero-order chi connectivity index (χ0) is 18.9. The van der Waals surface area contributed by atoms with Crippen LogP contribution in [0.25, 0.3) is 0 Å². The number of carbonyl (C=O) groups is 3. The molecule has 1 saturated heterocycles. The summed E-state index contributed by atoms with van der Waals surface area (Å²) in [5.74, 6) is -0.593. The molecule has 2 aliphatic rings. The number of rotatable bonds is 4. The minimum Gasteiger partial charge on any atom is -0.341 e. The Bertz CT molecular complexity index is 732. The van der Waals surface area contributed by atoms with Gasteiger partial charge in [0.2, 0.25) is 5.91 Å². The van der Waals surface area contributed by atoms with Crippen LogP contribution in [-0.4, -0.2) is 47.3 Å². The summed E-state index contributed by atoms with van der Waals surface area (Å²) in [4.78, 5) is 40.7. The van der Waals surface area contributed by atoms with E-state index in [0.29, 0.717) is 5.56 Å². The summed E-state index contributed by atoms with van der Waals surface area (Å²) >= 11 is 3.39. The summed E-state index contributed by atoms with van der Waals surface area (Å²) < 4.78 is 0.824. The first-order chi connectivity index (χ1) is 12.3. The van der Waals surface area contributed by atoms with Gasteiger partial charge in [0.1, 0.15) is 12.1 Å². The van der Waals surface area contributed by atoms with Crippen LogP contribution in [0.5, 0.6) is 0 Å². The third-order valence-electron chi connectivity index (χ3n) is 5.49. The maximum Gasteiger partial charge on any atom is 0.325 e. The van der Waals surface area contributed by atoms with Crippen LogP contribution in [0.4, 0.5) is 4.79 Å². The van der Waals surface area contributed by atoms with Crippen LogP contribution in [0.1, 0.15) is 44.6 Å². The van der Waals surface area contributed by atoms with Gasteiger partial charge in [-0.15, -0.1) is 0 Å². The van der Waals surface area contributed by atoms with Crippen LogP contribution >= 0.6 is 15.9 Å². The minimum atomic E-state index is -1.16. The molecule has 1 aliphatic carbocycles. The van der Waals surface area contributed by atoms with Crippen molar-refractivity contribution in [1.82, 2.24) is 15.1 Å². The van der Waals surface area contributed by atoms with E-state index in [0.717, 1.165) is 35.1 Å². The number of likely N-dealkylation sites (N-methyl/N-ethyl adjacent to an activating group) is 1. The van der Waals surface area contributed by atoms with E-state index in [1.165, 1.54) is 6.42 Å². The molecule has 1 aliphatic heterocycles. The Balaban J connectivity index is 1.73. The Labute approximate surface area is 162 Å². The zero-order valence-electron chi connectivity index (χ0n) is 15.1. The SMILES string of the molecule is CN(C(=O)CN1C(=O)N[C@](C)(c2cccc(Br)c2)C1=O)C1CCCCC1. The minimum absolute atomic E-state index is 0.195. The summed E-state index contributed by atoms with van der Waals surface area (Å²) in [6.45, 7) is 1.45. The van der Waals surface area contributed by atoms with Gasteiger partial charge in [-0.1, -0.05) is 47.3 Å². The molecule has 7 heteroatoms. The maximum absolute atomic E-state index is 12.9. The third-order valence-corrected chi connectivity index (χ3v) is 5.98. The molecular formula is C19H24BrN3O3. The fourth-order valence-electron chi connectivity index (χ4n) is 3.75. The third kappa shape index (κ3) is 3.49. The second kappa shape index (κ2) is 7.39. The smallest absolute Gasteiger partial charge is 0.325 e. The molecule has 0 unspecified atom stereocenters. The van der Waals surface area contributed by atoms with E-state index in [2.05, 4.69) is 21.2 Å². The van der Waals surface area contributed by atoms with Gasteiger partial charge in [-0.2, -0.15) is 0 Å². The van der Waals surface area contributed by atoms with Gasteiger partial charge in [-0.25, -0.2) is 4.79 Å². The van der Waals surface area contributed by atoms with Gasteiger partial charge in [0.15, 0.2) is 0 Å². The van der Waals surface area contributed by atoms with Crippen LogP contribution in [0.15, 0.2) is 28.7 Å². The maximum atomic E-state index is 12.9. The topological polar surface area (TPSA) is 69.7 Å². The lowest BCUT2D eigenvalue weighted by Crippen LogP contribution is -2.46. The van der Waals surface area contributed by atoms with Gasteiger partial charge in [0.05, 0.1) is 0 Å². The summed E-state index contributed by atoms with van der Waals surface area (Å²) in [5.41, 5.74) is -0.481. The van der Waals surface area contributed by atoms with Crippen LogP contribution in [0.3, 0.4) is 0 Å². The Hall–Kier alpha value is -1.89. The molecule has 1 aromatic rings. The van der Waals surface area contributed by atoms with E-state index in [-0.39, 0.29) is 18.5 Å². The molecule has 0 aromatic heterocycles.